The molecule has 0 aromatic heterocycles. The van der Waals surface area contributed by atoms with Crippen molar-refractivity contribution in [2.75, 3.05) is 26.4 Å². The van der Waals surface area contributed by atoms with Crippen molar-refractivity contribution >= 4 is 5.97 Å². The Morgan fingerprint density at radius 1 is 0.708 bits per heavy atom. The maximum absolute atomic E-state index is 11.9. The van der Waals surface area contributed by atoms with Gasteiger partial charge in [0.15, 0.2) is 0 Å². The first-order valence-corrected chi connectivity index (χ1v) is 17.5. The molecule has 0 radical (unpaired) electrons. The Bertz CT molecular complexity index is 1600. The van der Waals surface area contributed by atoms with Gasteiger partial charge in [0.1, 0.15) is 5.75 Å². The highest BCUT2D eigenvalue weighted by Crippen LogP contribution is 2.34. The first kappa shape index (κ1) is 36.6. The second-order valence-corrected chi connectivity index (χ2v) is 12.7. The lowest BCUT2D eigenvalue weighted by Crippen LogP contribution is -2.15. The largest absolute Gasteiger partial charge is 0.493 e. The first-order chi connectivity index (χ1) is 23.4. The molecule has 48 heavy (non-hydrogen) atoms. The van der Waals surface area contributed by atoms with Crippen LogP contribution in [0.15, 0.2) is 97.1 Å². The molecule has 0 atom stereocenters. The van der Waals surface area contributed by atoms with Crippen LogP contribution in [0.5, 0.6) is 5.75 Å². The quantitative estimate of drug-likeness (QED) is 0.0602. The standard InChI is InChI=1S/C43H52O5/c1-5-7-8-10-32-12-14-35(15-13-32)36-16-18-37(19-17-36)38-20-22-41(34(6-2)27-38)39-21-23-42(47-26-24-33(29-44)30-45)40(28-39)11-9-25-48-43(46)31(3)4/h12-23,27-28,33,44-45H,3,5-11,24-26,29-30H2,1-2,4H3. The number of hydrogen-bond acceptors (Lipinski definition) is 5. The Kier molecular flexibility index (Phi) is 14.5. The van der Waals surface area contributed by atoms with Gasteiger partial charge in [-0.05, 0) is 108 Å². The predicted molar refractivity (Wildman–Crippen MR) is 197 cm³/mol. The lowest BCUT2D eigenvalue weighted by Gasteiger charge is -2.17. The molecule has 4 aromatic carbocycles. The van der Waals surface area contributed by atoms with Crippen LogP contribution in [0, 0.1) is 5.92 Å². The zero-order chi connectivity index (χ0) is 34.3. The third-order valence-electron chi connectivity index (χ3n) is 8.90. The second-order valence-electron chi connectivity index (χ2n) is 12.7. The van der Waals surface area contributed by atoms with E-state index < -0.39 is 0 Å². The zero-order valence-electron chi connectivity index (χ0n) is 29.0. The van der Waals surface area contributed by atoms with Crippen LogP contribution in [0.2, 0.25) is 0 Å². The van der Waals surface area contributed by atoms with Crippen molar-refractivity contribution in [3.63, 3.8) is 0 Å². The van der Waals surface area contributed by atoms with Crippen molar-refractivity contribution in [1.29, 1.82) is 0 Å². The van der Waals surface area contributed by atoms with Crippen LogP contribution in [0.25, 0.3) is 33.4 Å². The average molecular weight is 649 g/mol. The van der Waals surface area contributed by atoms with Crippen LogP contribution in [0.4, 0.5) is 0 Å². The molecule has 5 nitrogen and oxygen atoms in total. The average Bonchev–Trinajstić information content (AvgIpc) is 3.12. The molecule has 254 valence electrons. The number of carbonyl (C=O) groups is 1. The third-order valence-corrected chi connectivity index (χ3v) is 8.90. The lowest BCUT2D eigenvalue weighted by atomic mass is 9.91. The number of aliphatic hydroxyl groups excluding tert-OH is 2. The highest BCUT2D eigenvalue weighted by molar-refractivity contribution is 5.86. The summed E-state index contributed by atoms with van der Waals surface area (Å²) in [5, 5.41) is 18.9. The maximum Gasteiger partial charge on any atom is 0.333 e. The van der Waals surface area contributed by atoms with Crippen molar-refractivity contribution in [3.05, 3.63) is 114 Å². The van der Waals surface area contributed by atoms with Gasteiger partial charge in [-0.3, -0.25) is 0 Å². The van der Waals surface area contributed by atoms with Crippen molar-refractivity contribution in [3.8, 4) is 39.1 Å². The van der Waals surface area contributed by atoms with Crippen LogP contribution in [-0.2, 0) is 28.8 Å². The molecule has 4 rings (SSSR count). The van der Waals surface area contributed by atoms with Crippen LogP contribution >= 0.6 is 0 Å². The Hall–Kier alpha value is -4.19. The first-order valence-electron chi connectivity index (χ1n) is 17.5. The molecule has 4 aromatic rings. The van der Waals surface area contributed by atoms with Crippen molar-refractivity contribution in [2.45, 2.75) is 72.1 Å². The van der Waals surface area contributed by atoms with E-state index in [9.17, 15) is 15.0 Å². The number of aryl methyl sites for hydroxylation is 3. The highest BCUT2D eigenvalue weighted by atomic mass is 16.5. The lowest BCUT2D eigenvalue weighted by molar-refractivity contribution is -0.139. The molecule has 0 amide bonds. The topological polar surface area (TPSA) is 76.0 Å². The fourth-order valence-corrected chi connectivity index (χ4v) is 5.86. The van der Waals surface area contributed by atoms with Crippen LogP contribution in [0.1, 0.15) is 69.6 Å². The minimum atomic E-state index is -0.381. The van der Waals surface area contributed by atoms with Crippen LogP contribution in [-0.4, -0.2) is 42.6 Å². The van der Waals surface area contributed by atoms with Gasteiger partial charge < -0.3 is 19.7 Å². The summed E-state index contributed by atoms with van der Waals surface area (Å²) in [5.74, 6) is 0.177. The number of hydrogen-bond donors (Lipinski definition) is 2. The summed E-state index contributed by atoms with van der Waals surface area (Å²) in [4.78, 5) is 11.9. The number of ether oxygens (including phenoxy) is 2. The Labute approximate surface area is 287 Å². The minimum Gasteiger partial charge on any atom is -0.493 e. The van der Waals surface area contributed by atoms with Gasteiger partial charge in [0.25, 0.3) is 0 Å². The Morgan fingerprint density at radius 2 is 1.31 bits per heavy atom. The van der Waals surface area contributed by atoms with E-state index in [-0.39, 0.29) is 25.1 Å². The normalized spacial score (nSPS) is 11.1. The van der Waals surface area contributed by atoms with Crippen LogP contribution < -0.4 is 4.74 Å². The van der Waals surface area contributed by atoms with E-state index in [1.165, 1.54) is 58.2 Å². The monoisotopic (exact) mass is 648 g/mol. The molecule has 0 saturated heterocycles. The fourth-order valence-electron chi connectivity index (χ4n) is 5.86. The molecule has 0 bridgehead atoms. The van der Waals surface area contributed by atoms with Gasteiger partial charge in [-0.15, -0.1) is 0 Å². The molecular weight excluding hydrogens is 596 g/mol. The van der Waals surface area contributed by atoms with Gasteiger partial charge in [0.2, 0.25) is 0 Å². The van der Waals surface area contributed by atoms with E-state index in [1.807, 2.05) is 6.07 Å². The second kappa shape index (κ2) is 19.0. The number of aliphatic hydroxyl groups is 2. The van der Waals surface area contributed by atoms with Crippen LogP contribution in [0.3, 0.4) is 0 Å². The SMILES string of the molecule is C=C(C)C(=O)OCCCc1cc(-c2ccc(-c3ccc(-c4ccc(CCCCC)cc4)cc3)cc2CC)ccc1OCCC(CO)CO. The minimum absolute atomic E-state index is 0.0767. The van der Waals surface area contributed by atoms with E-state index in [2.05, 4.69) is 99.3 Å². The molecule has 0 spiro atoms. The van der Waals surface area contributed by atoms with Crippen molar-refractivity contribution in [2.24, 2.45) is 5.92 Å². The molecule has 0 saturated carbocycles. The summed E-state index contributed by atoms with van der Waals surface area (Å²) in [7, 11) is 0. The molecule has 0 aliphatic rings. The van der Waals surface area contributed by atoms with Crippen molar-refractivity contribution < 1.29 is 24.5 Å². The molecular formula is C43H52O5. The third kappa shape index (κ3) is 10.4. The molecule has 0 fully saturated rings. The fraction of sp³-hybridized carbons (Fsp3) is 0.372. The molecule has 5 heteroatoms. The summed E-state index contributed by atoms with van der Waals surface area (Å²) in [6.45, 7) is 10.3. The number of benzene rings is 4. The van der Waals surface area contributed by atoms with Gasteiger partial charge in [0, 0.05) is 24.7 Å². The highest BCUT2D eigenvalue weighted by Gasteiger charge is 2.13. The summed E-state index contributed by atoms with van der Waals surface area (Å²) in [5.41, 5.74) is 11.2. The van der Waals surface area contributed by atoms with E-state index in [0.717, 1.165) is 29.7 Å². The molecule has 0 aliphatic heterocycles. The number of esters is 1. The number of carbonyl (C=O) groups excluding carboxylic acids is 1. The molecule has 0 aliphatic carbocycles. The van der Waals surface area contributed by atoms with Gasteiger partial charge in [-0.2, -0.15) is 0 Å². The number of rotatable bonds is 19. The Morgan fingerprint density at radius 3 is 1.94 bits per heavy atom. The number of unbranched alkanes of at least 4 members (excludes halogenated alkanes) is 2. The smallest absolute Gasteiger partial charge is 0.333 e. The zero-order valence-corrected chi connectivity index (χ0v) is 29.0. The van der Waals surface area contributed by atoms with Gasteiger partial charge in [0.05, 0.1) is 13.2 Å². The van der Waals surface area contributed by atoms with Gasteiger partial charge in [-0.1, -0.05) is 106 Å². The molecule has 2 N–H and O–H groups in total. The summed E-state index contributed by atoms with van der Waals surface area (Å²) in [6, 6.07) is 30.8. The summed E-state index contributed by atoms with van der Waals surface area (Å²) in [6.07, 6.45) is 7.68. The predicted octanol–water partition coefficient (Wildman–Crippen LogP) is 9.40. The van der Waals surface area contributed by atoms with Crippen molar-refractivity contribution in [1.82, 2.24) is 0 Å². The van der Waals surface area contributed by atoms with Gasteiger partial charge in [-0.25, -0.2) is 4.79 Å². The van der Waals surface area contributed by atoms with E-state index in [0.29, 0.717) is 38.0 Å². The molecule has 0 heterocycles. The summed E-state index contributed by atoms with van der Waals surface area (Å²) < 4.78 is 11.5. The Balaban J connectivity index is 1.52. The van der Waals surface area contributed by atoms with E-state index >= 15 is 0 Å². The van der Waals surface area contributed by atoms with E-state index in [4.69, 9.17) is 9.47 Å². The summed E-state index contributed by atoms with van der Waals surface area (Å²) >= 11 is 0. The van der Waals surface area contributed by atoms with Gasteiger partial charge >= 0.3 is 5.97 Å². The van der Waals surface area contributed by atoms with E-state index in [1.54, 1.807) is 6.92 Å². The molecule has 0 unspecified atom stereocenters. The maximum atomic E-state index is 11.9.